The molecule has 0 saturated heterocycles. The first-order valence-electron chi connectivity index (χ1n) is 9.24. The zero-order valence-corrected chi connectivity index (χ0v) is 18.4. The van der Waals surface area contributed by atoms with Crippen LogP contribution in [0, 0.1) is 0 Å². The molecule has 0 spiro atoms. The number of anilines is 1. The molecule has 4 aromatic rings. The molecule has 9 nitrogen and oxygen atoms in total. The molecule has 0 atom stereocenters. The van der Waals surface area contributed by atoms with Gasteiger partial charge in [0, 0.05) is 16.6 Å². The number of hydrogen-bond donors (Lipinski definition) is 1. The molecule has 0 radical (unpaired) electrons. The van der Waals surface area contributed by atoms with Crippen molar-refractivity contribution in [3.63, 3.8) is 0 Å². The molecule has 2 aromatic carbocycles. The molecule has 0 aliphatic rings. The number of ether oxygens (including phenoxy) is 2. The summed E-state index contributed by atoms with van der Waals surface area (Å²) in [7, 11) is -2.40. The lowest BCUT2D eigenvalue weighted by atomic mass is 10.2. The van der Waals surface area contributed by atoms with E-state index in [4.69, 9.17) is 14.0 Å². The van der Waals surface area contributed by atoms with Gasteiger partial charge in [0.25, 0.3) is 15.9 Å². The Morgan fingerprint density at radius 2 is 1.97 bits per heavy atom. The van der Waals surface area contributed by atoms with Crippen molar-refractivity contribution in [2.45, 2.75) is 11.5 Å². The second-order valence-corrected chi connectivity index (χ2v) is 8.92. The van der Waals surface area contributed by atoms with Gasteiger partial charge in [0.05, 0.1) is 17.6 Å². The van der Waals surface area contributed by atoms with Gasteiger partial charge in [-0.05, 0) is 53.9 Å². The number of methoxy groups -OCH3 is 1. The summed E-state index contributed by atoms with van der Waals surface area (Å²) in [5, 5.41) is 7.59. The van der Waals surface area contributed by atoms with E-state index in [1.807, 2.05) is 16.8 Å². The van der Waals surface area contributed by atoms with Crippen LogP contribution in [0.4, 0.5) is 5.69 Å². The minimum atomic E-state index is -3.92. The van der Waals surface area contributed by atoms with Crippen molar-refractivity contribution in [3.05, 3.63) is 76.8 Å². The van der Waals surface area contributed by atoms with Gasteiger partial charge in [-0.15, -0.1) is 0 Å². The third-order valence-electron chi connectivity index (χ3n) is 4.30. The topological polar surface area (TPSA) is 121 Å². The maximum absolute atomic E-state index is 12.7. The molecule has 164 valence electrons. The summed E-state index contributed by atoms with van der Waals surface area (Å²) in [5.41, 5.74) is 1.23. The predicted molar refractivity (Wildman–Crippen MR) is 117 cm³/mol. The van der Waals surface area contributed by atoms with E-state index < -0.39 is 16.0 Å². The van der Waals surface area contributed by atoms with Gasteiger partial charge in [0.2, 0.25) is 5.82 Å². The Morgan fingerprint density at radius 1 is 1.16 bits per heavy atom. The van der Waals surface area contributed by atoms with Crippen LogP contribution >= 0.6 is 11.3 Å². The highest BCUT2D eigenvalue weighted by molar-refractivity contribution is 7.92. The summed E-state index contributed by atoms with van der Waals surface area (Å²) in [6, 6.07) is 13.8. The summed E-state index contributed by atoms with van der Waals surface area (Å²) in [4.78, 5) is 16.5. The first kappa shape index (κ1) is 21.5. The van der Waals surface area contributed by atoms with Gasteiger partial charge in [-0.1, -0.05) is 11.2 Å². The molecule has 11 heteroatoms. The normalized spacial score (nSPS) is 11.2. The first-order chi connectivity index (χ1) is 15.4. The number of esters is 1. The first-order valence-corrected chi connectivity index (χ1v) is 11.7. The van der Waals surface area contributed by atoms with Gasteiger partial charge >= 0.3 is 5.97 Å². The predicted octanol–water partition coefficient (Wildman–Crippen LogP) is 3.96. The number of benzene rings is 2. The van der Waals surface area contributed by atoms with Crippen molar-refractivity contribution < 1.29 is 27.2 Å². The van der Waals surface area contributed by atoms with Crippen LogP contribution in [0.3, 0.4) is 0 Å². The summed E-state index contributed by atoms with van der Waals surface area (Å²) in [6.45, 7) is -0.239. The van der Waals surface area contributed by atoms with Gasteiger partial charge in [-0.3, -0.25) is 4.72 Å². The lowest BCUT2D eigenvalue weighted by Gasteiger charge is -2.10. The number of thiophene rings is 1. The Bertz CT molecular complexity index is 1320. The summed E-state index contributed by atoms with van der Waals surface area (Å²) in [5.74, 6) is 0.405. The van der Waals surface area contributed by atoms with Crippen molar-refractivity contribution in [1.82, 2.24) is 10.1 Å². The highest BCUT2D eigenvalue weighted by Crippen LogP contribution is 2.21. The Labute approximate surface area is 187 Å². The fraction of sp³-hybridized carbons (Fsp3) is 0.0952. The van der Waals surface area contributed by atoms with Gasteiger partial charge in [-0.2, -0.15) is 16.3 Å². The maximum atomic E-state index is 12.7. The number of hydrogen-bond acceptors (Lipinski definition) is 9. The number of carbonyl (C=O) groups excluding carboxylic acids is 1. The Kier molecular flexibility index (Phi) is 6.19. The molecule has 0 saturated carbocycles. The molecule has 2 heterocycles. The average molecular weight is 472 g/mol. The van der Waals surface area contributed by atoms with E-state index in [1.165, 1.54) is 42.7 Å². The van der Waals surface area contributed by atoms with Crippen molar-refractivity contribution in [2.24, 2.45) is 0 Å². The van der Waals surface area contributed by atoms with Crippen LogP contribution in [0.15, 0.2) is 74.8 Å². The number of carbonyl (C=O) groups is 1. The third-order valence-corrected chi connectivity index (χ3v) is 6.36. The van der Waals surface area contributed by atoms with Crippen LogP contribution < -0.4 is 9.46 Å². The second-order valence-electron chi connectivity index (χ2n) is 6.46. The monoisotopic (exact) mass is 471 g/mol. The lowest BCUT2D eigenvalue weighted by molar-refractivity contribution is 0.0429. The van der Waals surface area contributed by atoms with Crippen LogP contribution in [0.25, 0.3) is 11.4 Å². The largest absolute Gasteiger partial charge is 0.497 e. The number of nitrogens with zero attached hydrogens (tertiary/aromatic N) is 2. The van der Waals surface area contributed by atoms with E-state index in [1.54, 1.807) is 24.3 Å². The SMILES string of the molecule is COc1ccc(NS(=O)(=O)c2cccc(C(=O)OCc3nc(-c4ccsc4)no3)c2)cc1. The Balaban J connectivity index is 1.42. The molecule has 2 aromatic heterocycles. The van der Waals surface area contributed by atoms with E-state index >= 15 is 0 Å². The van der Waals surface area contributed by atoms with Crippen LogP contribution in [-0.4, -0.2) is 31.6 Å². The van der Waals surface area contributed by atoms with Gasteiger partial charge in [0.1, 0.15) is 5.75 Å². The zero-order chi connectivity index (χ0) is 22.6. The maximum Gasteiger partial charge on any atom is 0.338 e. The quantitative estimate of drug-likeness (QED) is 0.383. The highest BCUT2D eigenvalue weighted by Gasteiger charge is 2.18. The molecule has 1 N–H and O–H groups in total. The van der Waals surface area contributed by atoms with Crippen molar-refractivity contribution >= 4 is 33.0 Å². The fourth-order valence-corrected chi connectivity index (χ4v) is 4.43. The number of rotatable bonds is 8. The average Bonchev–Trinajstić information content (AvgIpc) is 3.50. The van der Waals surface area contributed by atoms with E-state index in [-0.39, 0.29) is 23.0 Å². The molecule has 32 heavy (non-hydrogen) atoms. The van der Waals surface area contributed by atoms with E-state index in [9.17, 15) is 13.2 Å². The van der Waals surface area contributed by atoms with Gasteiger partial charge in [-0.25, -0.2) is 13.2 Å². The number of nitrogens with one attached hydrogen (secondary N) is 1. The second kappa shape index (κ2) is 9.20. The van der Waals surface area contributed by atoms with Crippen molar-refractivity contribution in [1.29, 1.82) is 0 Å². The molecule has 0 aliphatic heterocycles. The van der Waals surface area contributed by atoms with Crippen LogP contribution in [0.1, 0.15) is 16.2 Å². The van der Waals surface area contributed by atoms with Crippen LogP contribution in [-0.2, 0) is 21.4 Å². The fourth-order valence-electron chi connectivity index (χ4n) is 2.70. The molecule has 0 aliphatic carbocycles. The minimum Gasteiger partial charge on any atom is -0.497 e. The van der Waals surface area contributed by atoms with Crippen LogP contribution in [0.5, 0.6) is 5.75 Å². The lowest BCUT2D eigenvalue weighted by Crippen LogP contribution is -2.14. The number of aromatic nitrogens is 2. The van der Waals surface area contributed by atoms with Gasteiger partial charge < -0.3 is 14.0 Å². The summed E-state index contributed by atoms with van der Waals surface area (Å²) >= 11 is 1.50. The highest BCUT2D eigenvalue weighted by atomic mass is 32.2. The molecular weight excluding hydrogens is 454 g/mol. The smallest absolute Gasteiger partial charge is 0.338 e. The minimum absolute atomic E-state index is 0.0696. The Hall–Kier alpha value is -3.70. The van der Waals surface area contributed by atoms with E-state index in [0.717, 1.165) is 5.56 Å². The molecular formula is C21H17N3O6S2. The third kappa shape index (κ3) is 4.95. The number of sulfonamides is 1. The molecule has 0 fully saturated rings. The summed E-state index contributed by atoms with van der Waals surface area (Å²) in [6.07, 6.45) is 0. The van der Waals surface area contributed by atoms with Gasteiger partial charge in [0.15, 0.2) is 6.61 Å². The zero-order valence-electron chi connectivity index (χ0n) is 16.7. The van der Waals surface area contributed by atoms with E-state index in [0.29, 0.717) is 17.3 Å². The molecule has 0 bridgehead atoms. The van der Waals surface area contributed by atoms with Crippen molar-refractivity contribution in [3.8, 4) is 17.1 Å². The van der Waals surface area contributed by atoms with E-state index in [2.05, 4.69) is 14.9 Å². The van der Waals surface area contributed by atoms with Crippen LogP contribution in [0.2, 0.25) is 0 Å². The molecule has 4 rings (SSSR count). The Morgan fingerprint density at radius 3 is 2.69 bits per heavy atom. The summed E-state index contributed by atoms with van der Waals surface area (Å²) < 4.78 is 43.2. The molecule has 0 amide bonds. The standard InChI is InChI=1S/C21H17N3O6S2/c1-28-17-7-5-16(6-8-17)24-32(26,27)18-4-2-3-14(11-18)21(25)29-12-19-22-20(23-30-19)15-9-10-31-13-15/h2-11,13,24H,12H2,1H3. The molecule has 0 unspecified atom stereocenters. The van der Waals surface area contributed by atoms with Crippen molar-refractivity contribution in [2.75, 3.05) is 11.8 Å².